The molecule has 0 spiro atoms. The molecule has 0 amide bonds. The third-order valence-electron chi connectivity index (χ3n) is 1.69. The maximum atomic E-state index is 9.07. The molecule has 0 radical (unpaired) electrons. The SMILES string of the molecule is COCc1nc(CC[C@H](C)O)cs1. The van der Waals surface area contributed by atoms with Crippen LogP contribution in [0.1, 0.15) is 24.0 Å². The van der Waals surface area contributed by atoms with Gasteiger partial charge >= 0.3 is 0 Å². The molecule has 0 aliphatic rings. The van der Waals surface area contributed by atoms with Gasteiger partial charge in [0, 0.05) is 12.5 Å². The zero-order valence-electron chi connectivity index (χ0n) is 7.99. The van der Waals surface area contributed by atoms with Crippen LogP contribution in [-0.2, 0) is 17.8 Å². The van der Waals surface area contributed by atoms with Gasteiger partial charge in [-0.2, -0.15) is 0 Å². The van der Waals surface area contributed by atoms with Crippen molar-refractivity contribution in [1.82, 2.24) is 4.98 Å². The number of hydrogen-bond acceptors (Lipinski definition) is 4. The molecule has 3 nitrogen and oxygen atoms in total. The Bertz CT molecular complexity index is 248. The second-order valence-electron chi connectivity index (χ2n) is 3.05. The van der Waals surface area contributed by atoms with Crippen molar-refractivity contribution in [3.8, 4) is 0 Å². The number of aromatic nitrogens is 1. The maximum Gasteiger partial charge on any atom is 0.119 e. The number of ether oxygens (including phenoxy) is 1. The van der Waals surface area contributed by atoms with Gasteiger partial charge in [-0.05, 0) is 19.8 Å². The van der Waals surface area contributed by atoms with Gasteiger partial charge < -0.3 is 9.84 Å². The summed E-state index contributed by atoms with van der Waals surface area (Å²) in [5.74, 6) is 0. The van der Waals surface area contributed by atoms with E-state index < -0.39 is 0 Å². The summed E-state index contributed by atoms with van der Waals surface area (Å²) < 4.78 is 4.97. The van der Waals surface area contributed by atoms with E-state index in [4.69, 9.17) is 9.84 Å². The number of aliphatic hydroxyl groups excluding tert-OH is 1. The van der Waals surface area contributed by atoms with Gasteiger partial charge in [0.15, 0.2) is 0 Å². The van der Waals surface area contributed by atoms with Crippen LogP contribution < -0.4 is 0 Å². The maximum absolute atomic E-state index is 9.07. The predicted octanol–water partition coefficient (Wildman–Crippen LogP) is 1.60. The fourth-order valence-electron chi connectivity index (χ4n) is 1.01. The Kier molecular flexibility index (Phi) is 4.35. The highest BCUT2D eigenvalue weighted by atomic mass is 32.1. The van der Waals surface area contributed by atoms with E-state index >= 15 is 0 Å². The summed E-state index contributed by atoms with van der Waals surface area (Å²) in [6, 6.07) is 0. The van der Waals surface area contributed by atoms with Crippen LogP contribution in [0.15, 0.2) is 5.38 Å². The van der Waals surface area contributed by atoms with Crippen molar-refractivity contribution < 1.29 is 9.84 Å². The molecule has 0 saturated carbocycles. The van der Waals surface area contributed by atoms with Crippen molar-refractivity contribution in [2.75, 3.05) is 7.11 Å². The molecule has 1 aromatic heterocycles. The lowest BCUT2D eigenvalue weighted by Gasteiger charge is -1.99. The van der Waals surface area contributed by atoms with Gasteiger partial charge in [0.25, 0.3) is 0 Å². The minimum absolute atomic E-state index is 0.243. The van der Waals surface area contributed by atoms with Crippen molar-refractivity contribution in [2.45, 2.75) is 32.5 Å². The molecule has 0 fully saturated rings. The summed E-state index contributed by atoms with van der Waals surface area (Å²) in [7, 11) is 1.66. The van der Waals surface area contributed by atoms with Gasteiger partial charge in [-0.3, -0.25) is 0 Å². The number of aliphatic hydroxyl groups is 1. The molecule has 1 N–H and O–H groups in total. The molecule has 13 heavy (non-hydrogen) atoms. The van der Waals surface area contributed by atoms with Crippen LogP contribution in [0.3, 0.4) is 0 Å². The quantitative estimate of drug-likeness (QED) is 0.787. The molecule has 1 heterocycles. The van der Waals surface area contributed by atoms with E-state index in [1.807, 2.05) is 5.38 Å². The number of thiazole rings is 1. The van der Waals surface area contributed by atoms with Gasteiger partial charge in [-0.25, -0.2) is 4.98 Å². The largest absolute Gasteiger partial charge is 0.393 e. The first-order chi connectivity index (χ1) is 6.22. The molecule has 1 aromatic rings. The molecule has 1 rings (SSSR count). The van der Waals surface area contributed by atoms with Gasteiger partial charge in [-0.15, -0.1) is 11.3 Å². The van der Waals surface area contributed by atoms with Crippen LogP contribution in [-0.4, -0.2) is 23.3 Å². The Morgan fingerprint density at radius 1 is 1.69 bits per heavy atom. The Hall–Kier alpha value is -0.450. The molecule has 74 valence electrons. The van der Waals surface area contributed by atoms with Gasteiger partial charge in [0.1, 0.15) is 5.01 Å². The van der Waals surface area contributed by atoms with Gasteiger partial charge in [-0.1, -0.05) is 0 Å². The first-order valence-electron chi connectivity index (χ1n) is 4.32. The molecule has 1 atom stereocenters. The van der Waals surface area contributed by atoms with E-state index in [-0.39, 0.29) is 6.10 Å². The van der Waals surface area contributed by atoms with E-state index in [0.29, 0.717) is 6.61 Å². The topological polar surface area (TPSA) is 42.4 Å². The van der Waals surface area contributed by atoms with Crippen molar-refractivity contribution in [3.63, 3.8) is 0 Å². The number of aryl methyl sites for hydroxylation is 1. The lowest BCUT2D eigenvalue weighted by atomic mass is 10.2. The van der Waals surface area contributed by atoms with E-state index in [9.17, 15) is 0 Å². The number of rotatable bonds is 5. The summed E-state index contributed by atoms with van der Waals surface area (Å²) in [6.07, 6.45) is 1.38. The second kappa shape index (κ2) is 5.32. The average Bonchev–Trinajstić information content (AvgIpc) is 2.50. The highest BCUT2D eigenvalue weighted by molar-refractivity contribution is 7.09. The van der Waals surface area contributed by atoms with Gasteiger partial charge in [0.2, 0.25) is 0 Å². The normalized spacial score (nSPS) is 13.2. The van der Waals surface area contributed by atoms with Crippen molar-refractivity contribution >= 4 is 11.3 Å². The molecule has 0 saturated heterocycles. The molecule has 0 unspecified atom stereocenters. The van der Waals surface area contributed by atoms with E-state index in [1.54, 1.807) is 25.4 Å². The van der Waals surface area contributed by atoms with Crippen LogP contribution in [0.25, 0.3) is 0 Å². The van der Waals surface area contributed by atoms with E-state index in [1.165, 1.54) is 0 Å². The molecule has 0 aromatic carbocycles. The fraction of sp³-hybridized carbons (Fsp3) is 0.667. The van der Waals surface area contributed by atoms with Crippen LogP contribution in [0.5, 0.6) is 0 Å². The van der Waals surface area contributed by atoms with Crippen LogP contribution >= 0.6 is 11.3 Å². The molecule has 0 aliphatic carbocycles. The average molecular weight is 201 g/mol. The summed E-state index contributed by atoms with van der Waals surface area (Å²) in [6.45, 7) is 2.38. The minimum Gasteiger partial charge on any atom is -0.393 e. The molecular weight excluding hydrogens is 186 g/mol. The fourth-order valence-corrected chi connectivity index (χ4v) is 1.81. The van der Waals surface area contributed by atoms with Crippen LogP contribution in [0.2, 0.25) is 0 Å². The van der Waals surface area contributed by atoms with Crippen LogP contribution in [0, 0.1) is 0 Å². The van der Waals surface area contributed by atoms with E-state index in [2.05, 4.69) is 4.98 Å². The molecule has 0 aliphatic heterocycles. The van der Waals surface area contributed by atoms with Crippen molar-refractivity contribution in [2.24, 2.45) is 0 Å². The molecule has 0 bridgehead atoms. The number of hydrogen-bond donors (Lipinski definition) is 1. The van der Waals surface area contributed by atoms with E-state index in [0.717, 1.165) is 23.5 Å². The summed E-state index contributed by atoms with van der Waals surface area (Å²) in [5.41, 5.74) is 1.05. The first-order valence-corrected chi connectivity index (χ1v) is 5.20. The zero-order valence-corrected chi connectivity index (χ0v) is 8.80. The summed E-state index contributed by atoms with van der Waals surface area (Å²) >= 11 is 1.61. The van der Waals surface area contributed by atoms with Crippen molar-refractivity contribution in [1.29, 1.82) is 0 Å². The third kappa shape index (κ3) is 3.85. The monoisotopic (exact) mass is 201 g/mol. The van der Waals surface area contributed by atoms with Gasteiger partial charge in [0.05, 0.1) is 18.4 Å². The van der Waals surface area contributed by atoms with Crippen molar-refractivity contribution in [3.05, 3.63) is 16.1 Å². The minimum atomic E-state index is -0.243. The zero-order chi connectivity index (χ0) is 9.68. The Morgan fingerprint density at radius 2 is 2.46 bits per heavy atom. The predicted molar refractivity (Wildman–Crippen MR) is 52.8 cm³/mol. The smallest absolute Gasteiger partial charge is 0.119 e. The highest BCUT2D eigenvalue weighted by Gasteiger charge is 2.03. The standard InChI is InChI=1S/C9H15NO2S/c1-7(11)3-4-8-6-13-9(10-8)5-12-2/h6-7,11H,3-5H2,1-2H3/t7-/m0/s1. The third-order valence-corrected chi connectivity index (χ3v) is 2.56. The second-order valence-corrected chi connectivity index (χ2v) is 4.00. The Morgan fingerprint density at radius 3 is 3.08 bits per heavy atom. The molecular formula is C9H15NO2S. The lowest BCUT2D eigenvalue weighted by molar-refractivity contribution is 0.182. The molecule has 4 heteroatoms. The number of nitrogens with zero attached hydrogens (tertiary/aromatic N) is 1. The summed E-state index contributed by atoms with van der Waals surface area (Å²) in [5, 5.41) is 12.1. The van der Waals surface area contributed by atoms with Crippen LogP contribution in [0.4, 0.5) is 0 Å². The lowest BCUT2D eigenvalue weighted by Crippen LogP contribution is -2.01. The Balaban J connectivity index is 2.39. The summed E-state index contributed by atoms with van der Waals surface area (Å²) in [4.78, 5) is 4.35. The highest BCUT2D eigenvalue weighted by Crippen LogP contribution is 2.12. The number of methoxy groups -OCH3 is 1. The first kappa shape index (κ1) is 10.6. The Labute approximate surface area is 82.4 Å².